The summed E-state index contributed by atoms with van der Waals surface area (Å²) < 4.78 is 11.1. The Labute approximate surface area is 124 Å². The van der Waals surface area contributed by atoms with Gasteiger partial charge in [0.25, 0.3) is 0 Å². The van der Waals surface area contributed by atoms with E-state index in [1.165, 1.54) is 0 Å². The van der Waals surface area contributed by atoms with Gasteiger partial charge in [-0.05, 0) is 24.3 Å². The van der Waals surface area contributed by atoms with Gasteiger partial charge in [-0.3, -0.25) is 14.2 Å². The molecule has 2 heterocycles. The summed E-state index contributed by atoms with van der Waals surface area (Å²) in [6.07, 6.45) is 1.60. The second-order valence-corrected chi connectivity index (χ2v) is 4.59. The highest BCUT2D eigenvalue weighted by molar-refractivity contribution is 5.96. The molecule has 3 aromatic rings. The van der Waals surface area contributed by atoms with Crippen LogP contribution < -0.4 is 5.76 Å². The number of nitrogens with zero attached hydrogens (tertiary/aromatic N) is 1. The minimum Gasteiger partial charge on any atom is -0.456 e. The topological polar surface area (TPSA) is 94.3 Å². The molecule has 0 fully saturated rings. The SMILES string of the molecule is O=C(Cn1c(=O)oc2ccccc21)OCC(=O)c1ccc[nH]1. The first-order valence-electron chi connectivity index (χ1n) is 6.56. The first-order chi connectivity index (χ1) is 10.6. The van der Waals surface area contributed by atoms with Crippen molar-refractivity contribution in [2.45, 2.75) is 6.54 Å². The van der Waals surface area contributed by atoms with Crippen LogP contribution in [0.5, 0.6) is 0 Å². The van der Waals surface area contributed by atoms with E-state index in [1.54, 1.807) is 42.6 Å². The fourth-order valence-electron chi connectivity index (χ4n) is 2.07. The van der Waals surface area contributed by atoms with Crippen LogP contribution in [0, 0.1) is 0 Å². The first kappa shape index (κ1) is 13.9. The number of hydrogen-bond acceptors (Lipinski definition) is 5. The summed E-state index contributed by atoms with van der Waals surface area (Å²) in [6, 6.07) is 10.0. The molecule has 0 saturated heterocycles. The summed E-state index contributed by atoms with van der Waals surface area (Å²) in [6.45, 7) is -0.697. The molecule has 7 nitrogen and oxygen atoms in total. The van der Waals surface area contributed by atoms with Crippen molar-refractivity contribution in [3.8, 4) is 0 Å². The normalized spacial score (nSPS) is 10.7. The zero-order valence-corrected chi connectivity index (χ0v) is 11.4. The van der Waals surface area contributed by atoms with Crippen molar-refractivity contribution in [1.82, 2.24) is 9.55 Å². The minimum atomic E-state index is -0.687. The molecule has 0 unspecified atom stereocenters. The molecule has 22 heavy (non-hydrogen) atoms. The number of carbonyl (C=O) groups excluding carboxylic acids is 2. The van der Waals surface area contributed by atoms with Crippen LogP contribution in [-0.2, 0) is 16.1 Å². The molecule has 0 saturated carbocycles. The number of H-pyrrole nitrogens is 1. The second kappa shape index (κ2) is 5.72. The van der Waals surface area contributed by atoms with Gasteiger partial charge in [0.15, 0.2) is 12.2 Å². The molecule has 0 aliphatic rings. The number of oxazole rings is 1. The number of benzene rings is 1. The van der Waals surface area contributed by atoms with Crippen LogP contribution in [0.25, 0.3) is 11.1 Å². The molecule has 3 rings (SSSR count). The van der Waals surface area contributed by atoms with Crippen LogP contribution in [0.4, 0.5) is 0 Å². The Morgan fingerprint density at radius 3 is 2.77 bits per heavy atom. The lowest BCUT2D eigenvalue weighted by atomic mass is 10.3. The Morgan fingerprint density at radius 1 is 1.18 bits per heavy atom. The average Bonchev–Trinajstić information content (AvgIpc) is 3.14. The molecule has 1 N–H and O–H groups in total. The maximum atomic E-state index is 11.8. The lowest BCUT2D eigenvalue weighted by Crippen LogP contribution is -2.23. The third kappa shape index (κ3) is 2.69. The smallest absolute Gasteiger partial charge is 0.420 e. The van der Waals surface area contributed by atoms with Gasteiger partial charge in [0.05, 0.1) is 11.2 Å². The molecular formula is C15H12N2O5. The van der Waals surface area contributed by atoms with Crippen molar-refractivity contribution in [1.29, 1.82) is 0 Å². The van der Waals surface area contributed by atoms with Crippen LogP contribution in [0.3, 0.4) is 0 Å². The van der Waals surface area contributed by atoms with E-state index < -0.39 is 11.7 Å². The summed E-state index contributed by atoms with van der Waals surface area (Å²) in [5.41, 5.74) is 1.25. The van der Waals surface area contributed by atoms with Crippen molar-refractivity contribution in [3.63, 3.8) is 0 Å². The molecule has 0 amide bonds. The number of fused-ring (bicyclic) bond motifs is 1. The number of aromatic amines is 1. The van der Waals surface area contributed by atoms with E-state index in [0.29, 0.717) is 16.8 Å². The molecule has 1 aromatic carbocycles. The van der Waals surface area contributed by atoms with Crippen molar-refractivity contribution in [2.24, 2.45) is 0 Å². The third-order valence-electron chi connectivity index (χ3n) is 3.12. The van der Waals surface area contributed by atoms with Crippen LogP contribution >= 0.6 is 0 Å². The lowest BCUT2D eigenvalue weighted by Gasteiger charge is -2.04. The number of rotatable bonds is 5. The summed E-state index contributed by atoms with van der Waals surface area (Å²) in [5, 5.41) is 0. The second-order valence-electron chi connectivity index (χ2n) is 4.59. The zero-order valence-electron chi connectivity index (χ0n) is 11.4. The highest BCUT2D eigenvalue weighted by Crippen LogP contribution is 2.11. The first-order valence-corrected chi connectivity index (χ1v) is 6.56. The van der Waals surface area contributed by atoms with E-state index in [0.717, 1.165) is 4.57 Å². The summed E-state index contributed by atoms with van der Waals surface area (Å²) in [7, 11) is 0. The standard InChI is InChI=1S/C15H12N2O5/c18-12(10-4-3-7-16-10)9-21-14(19)8-17-11-5-1-2-6-13(11)22-15(17)20/h1-7,16H,8-9H2. The average molecular weight is 300 g/mol. The fraction of sp³-hybridized carbons (Fsp3) is 0.133. The number of ketones is 1. The van der Waals surface area contributed by atoms with Gasteiger partial charge in [0.1, 0.15) is 6.54 Å². The maximum Gasteiger partial charge on any atom is 0.420 e. The number of carbonyl (C=O) groups is 2. The Morgan fingerprint density at radius 2 is 2.00 bits per heavy atom. The third-order valence-corrected chi connectivity index (χ3v) is 3.12. The van der Waals surface area contributed by atoms with Gasteiger partial charge in [-0.1, -0.05) is 12.1 Å². The molecule has 7 heteroatoms. The van der Waals surface area contributed by atoms with Crippen molar-refractivity contribution >= 4 is 22.9 Å². The molecule has 112 valence electrons. The predicted octanol–water partition coefficient (Wildman–Crippen LogP) is 1.35. The lowest BCUT2D eigenvalue weighted by molar-refractivity contribution is -0.143. The van der Waals surface area contributed by atoms with E-state index >= 15 is 0 Å². The van der Waals surface area contributed by atoms with E-state index in [9.17, 15) is 14.4 Å². The number of nitrogens with one attached hydrogen (secondary N) is 1. The van der Waals surface area contributed by atoms with Crippen LogP contribution in [-0.4, -0.2) is 27.9 Å². The zero-order chi connectivity index (χ0) is 15.5. The molecule has 0 atom stereocenters. The number of hydrogen-bond donors (Lipinski definition) is 1. The van der Waals surface area contributed by atoms with Crippen LogP contribution in [0.1, 0.15) is 10.5 Å². The summed E-state index contributed by atoms with van der Waals surface area (Å²) >= 11 is 0. The van der Waals surface area contributed by atoms with E-state index in [2.05, 4.69) is 4.98 Å². The van der Waals surface area contributed by atoms with Crippen LogP contribution in [0.2, 0.25) is 0 Å². The Hall–Kier alpha value is -3.09. The molecule has 0 bridgehead atoms. The Balaban J connectivity index is 1.67. The predicted molar refractivity (Wildman–Crippen MR) is 76.6 cm³/mol. The largest absolute Gasteiger partial charge is 0.456 e. The van der Waals surface area contributed by atoms with E-state index in [1.807, 2.05) is 0 Å². The highest BCUT2D eigenvalue weighted by Gasteiger charge is 2.15. The van der Waals surface area contributed by atoms with E-state index in [-0.39, 0.29) is 18.9 Å². The van der Waals surface area contributed by atoms with Gasteiger partial charge in [-0.25, -0.2) is 4.79 Å². The van der Waals surface area contributed by atoms with Gasteiger partial charge < -0.3 is 14.1 Å². The number of para-hydroxylation sites is 2. The van der Waals surface area contributed by atoms with Crippen molar-refractivity contribution < 1.29 is 18.7 Å². The van der Waals surface area contributed by atoms with Crippen molar-refractivity contribution in [3.05, 3.63) is 58.8 Å². The van der Waals surface area contributed by atoms with E-state index in [4.69, 9.17) is 9.15 Å². The molecular weight excluding hydrogens is 288 g/mol. The number of ether oxygens (including phenoxy) is 1. The molecule has 0 aliphatic carbocycles. The highest BCUT2D eigenvalue weighted by atomic mass is 16.5. The van der Waals surface area contributed by atoms with Gasteiger partial charge in [-0.15, -0.1) is 0 Å². The molecule has 0 spiro atoms. The molecule has 0 radical (unpaired) electrons. The Bertz CT molecular complexity index is 873. The van der Waals surface area contributed by atoms with Gasteiger partial charge in [0, 0.05) is 6.20 Å². The van der Waals surface area contributed by atoms with Gasteiger partial charge in [0.2, 0.25) is 5.78 Å². The summed E-state index contributed by atoms with van der Waals surface area (Å²) in [4.78, 5) is 37.9. The Kier molecular flexibility index (Phi) is 3.61. The van der Waals surface area contributed by atoms with Gasteiger partial charge >= 0.3 is 11.7 Å². The monoisotopic (exact) mass is 300 g/mol. The number of Topliss-reactive ketones (excluding diaryl/α,β-unsaturated/α-hetero) is 1. The molecule has 0 aliphatic heterocycles. The number of aromatic nitrogens is 2. The van der Waals surface area contributed by atoms with Gasteiger partial charge in [-0.2, -0.15) is 0 Å². The molecule has 2 aromatic heterocycles. The quantitative estimate of drug-likeness (QED) is 0.567. The summed E-state index contributed by atoms with van der Waals surface area (Å²) in [5.74, 6) is -1.68. The van der Waals surface area contributed by atoms with Crippen molar-refractivity contribution in [2.75, 3.05) is 6.61 Å². The van der Waals surface area contributed by atoms with Crippen LogP contribution in [0.15, 0.2) is 51.8 Å². The fourth-order valence-corrected chi connectivity index (χ4v) is 2.07. The maximum absolute atomic E-state index is 11.8. The minimum absolute atomic E-state index is 0.312. The number of esters is 1.